The summed E-state index contributed by atoms with van der Waals surface area (Å²) in [5.74, 6) is 3.18. The number of nitrogens with one attached hydrogen (secondary N) is 2. The van der Waals surface area contributed by atoms with Crippen molar-refractivity contribution in [3.8, 4) is 0 Å². The first-order valence-electron chi connectivity index (χ1n) is 7.04. The van der Waals surface area contributed by atoms with E-state index in [2.05, 4.69) is 41.4 Å². The summed E-state index contributed by atoms with van der Waals surface area (Å²) in [6.07, 6.45) is 5.45. The molecule has 3 atom stereocenters. The molecule has 0 bridgehead atoms. The summed E-state index contributed by atoms with van der Waals surface area (Å²) < 4.78 is 0. The van der Waals surface area contributed by atoms with Gasteiger partial charge in [-0.1, -0.05) is 20.8 Å². The SMILES string of the molecule is CCCNc1nccc(NC2CCC(C)C2C)n1. The average Bonchev–Trinajstić information content (AvgIpc) is 2.69. The topological polar surface area (TPSA) is 49.8 Å². The van der Waals surface area contributed by atoms with Gasteiger partial charge in [0.15, 0.2) is 0 Å². The Labute approximate surface area is 110 Å². The lowest BCUT2D eigenvalue weighted by Gasteiger charge is -2.20. The zero-order valence-electron chi connectivity index (χ0n) is 11.6. The summed E-state index contributed by atoms with van der Waals surface area (Å²) in [5, 5.41) is 6.76. The van der Waals surface area contributed by atoms with E-state index in [4.69, 9.17) is 0 Å². The third-order valence-electron chi connectivity index (χ3n) is 3.99. The van der Waals surface area contributed by atoms with Crippen LogP contribution >= 0.6 is 0 Å². The summed E-state index contributed by atoms with van der Waals surface area (Å²) in [4.78, 5) is 8.72. The highest BCUT2D eigenvalue weighted by Crippen LogP contribution is 2.32. The Kier molecular flexibility index (Phi) is 4.39. The van der Waals surface area contributed by atoms with Crippen molar-refractivity contribution < 1.29 is 0 Å². The van der Waals surface area contributed by atoms with Crippen LogP contribution in [0.25, 0.3) is 0 Å². The standard InChI is InChI=1S/C14H24N4/c1-4-8-15-14-16-9-7-13(18-14)17-12-6-5-10(2)11(12)3/h7,9-12H,4-6,8H2,1-3H3,(H2,15,16,17,18). The molecule has 0 amide bonds. The molecule has 1 fully saturated rings. The van der Waals surface area contributed by atoms with Gasteiger partial charge in [0.25, 0.3) is 0 Å². The minimum Gasteiger partial charge on any atom is -0.367 e. The van der Waals surface area contributed by atoms with Gasteiger partial charge in [0.05, 0.1) is 0 Å². The van der Waals surface area contributed by atoms with Crippen molar-refractivity contribution in [3.63, 3.8) is 0 Å². The van der Waals surface area contributed by atoms with E-state index in [0.29, 0.717) is 12.0 Å². The molecule has 0 saturated heterocycles. The van der Waals surface area contributed by atoms with Gasteiger partial charge in [0.2, 0.25) is 5.95 Å². The summed E-state index contributed by atoms with van der Waals surface area (Å²) in [7, 11) is 0. The van der Waals surface area contributed by atoms with Crippen molar-refractivity contribution in [1.82, 2.24) is 9.97 Å². The van der Waals surface area contributed by atoms with E-state index in [1.807, 2.05) is 12.3 Å². The molecule has 3 unspecified atom stereocenters. The van der Waals surface area contributed by atoms with Gasteiger partial charge in [-0.2, -0.15) is 4.98 Å². The second kappa shape index (κ2) is 6.03. The summed E-state index contributed by atoms with van der Waals surface area (Å²) in [6.45, 7) is 7.71. The van der Waals surface area contributed by atoms with Gasteiger partial charge in [-0.25, -0.2) is 4.98 Å². The Morgan fingerprint density at radius 2 is 2.17 bits per heavy atom. The van der Waals surface area contributed by atoms with Crippen LogP contribution in [0.5, 0.6) is 0 Å². The molecule has 1 aliphatic carbocycles. The fraction of sp³-hybridized carbons (Fsp3) is 0.714. The van der Waals surface area contributed by atoms with Gasteiger partial charge < -0.3 is 10.6 Å². The zero-order chi connectivity index (χ0) is 13.0. The van der Waals surface area contributed by atoms with Crippen LogP contribution in [0.15, 0.2) is 12.3 Å². The first-order chi connectivity index (χ1) is 8.70. The maximum atomic E-state index is 4.50. The molecule has 1 aliphatic rings. The van der Waals surface area contributed by atoms with Crippen molar-refractivity contribution in [3.05, 3.63) is 12.3 Å². The number of hydrogen-bond donors (Lipinski definition) is 2. The number of nitrogens with zero attached hydrogens (tertiary/aromatic N) is 2. The molecule has 4 nitrogen and oxygen atoms in total. The van der Waals surface area contributed by atoms with E-state index in [9.17, 15) is 0 Å². The molecule has 1 aromatic heterocycles. The molecule has 1 saturated carbocycles. The lowest BCUT2D eigenvalue weighted by Crippen LogP contribution is -2.24. The van der Waals surface area contributed by atoms with Gasteiger partial charge in [-0.3, -0.25) is 0 Å². The van der Waals surface area contributed by atoms with Crippen LogP contribution in [0, 0.1) is 11.8 Å². The number of rotatable bonds is 5. The molecule has 0 aromatic carbocycles. The molecular formula is C14H24N4. The summed E-state index contributed by atoms with van der Waals surface area (Å²) in [5.41, 5.74) is 0. The van der Waals surface area contributed by atoms with E-state index in [1.54, 1.807) is 0 Å². The predicted octanol–water partition coefficient (Wildman–Crippen LogP) is 3.15. The molecule has 100 valence electrons. The monoisotopic (exact) mass is 248 g/mol. The number of hydrogen-bond acceptors (Lipinski definition) is 4. The molecule has 2 N–H and O–H groups in total. The quantitative estimate of drug-likeness (QED) is 0.840. The third kappa shape index (κ3) is 3.12. The smallest absolute Gasteiger partial charge is 0.224 e. The Balaban J connectivity index is 1.96. The summed E-state index contributed by atoms with van der Waals surface area (Å²) in [6, 6.07) is 2.50. The fourth-order valence-corrected chi connectivity index (χ4v) is 2.52. The third-order valence-corrected chi connectivity index (χ3v) is 3.99. The molecule has 0 aliphatic heterocycles. The van der Waals surface area contributed by atoms with Crippen LogP contribution in [0.4, 0.5) is 11.8 Å². The number of anilines is 2. The van der Waals surface area contributed by atoms with Gasteiger partial charge in [0, 0.05) is 18.8 Å². The minimum absolute atomic E-state index is 0.550. The normalized spacial score (nSPS) is 27.2. The largest absolute Gasteiger partial charge is 0.367 e. The van der Waals surface area contributed by atoms with E-state index < -0.39 is 0 Å². The number of aromatic nitrogens is 2. The van der Waals surface area contributed by atoms with Crippen molar-refractivity contribution in [2.24, 2.45) is 11.8 Å². The predicted molar refractivity (Wildman–Crippen MR) is 75.8 cm³/mol. The van der Waals surface area contributed by atoms with Crippen molar-refractivity contribution in [2.75, 3.05) is 17.2 Å². The maximum absolute atomic E-state index is 4.50. The Bertz CT molecular complexity index is 380. The van der Waals surface area contributed by atoms with Crippen molar-refractivity contribution in [2.45, 2.75) is 46.1 Å². The Morgan fingerprint density at radius 1 is 1.33 bits per heavy atom. The van der Waals surface area contributed by atoms with Crippen LogP contribution in [-0.2, 0) is 0 Å². The van der Waals surface area contributed by atoms with Crippen molar-refractivity contribution >= 4 is 11.8 Å². The first-order valence-corrected chi connectivity index (χ1v) is 7.04. The maximum Gasteiger partial charge on any atom is 0.224 e. The molecular weight excluding hydrogens is 224 g/mol. The highest BCUT2D eigenvalue weighted by atomic mass is 15.1. The van der Waals surface area contributed by atoms with Gasteiger partial charge in [-0.15, -0.1) is 0 Å². The Hall–Kier alpha value is -1.32. The van der Waals surface area contributed by atoms with E-state index in [1.165, 1.54) is 12.8 Å². The highest BCUT2D eigenvalue weighted by Gasteiger charge is 2.29. The van der Waals surface area contributed by atoms with E-state index >= 15 is 0 Å². The minimum atomic E-state index is 0.550. The first kappa shape index (κ1) is 13.1. The van der Waals surface area contributed by atoms with Crippen LogP contribution in [0.1, 0.15) is 40.0 Å². The van der Waals surface area contributed by atoms with Gasteiger partial charge in [-0.05, 0) is 37.2 Å². The van der Waals surface area contributed by atoms with E-state index in [-0.39, 0.29) is 0 Å². The van der Waals surface area contributed by atoms with Crippen LogP contribution in [0.3, 0.4) is 0 Å². The zero-order valence-corrected chi connectivity index (χ0v) is 11.6. The molecule has 1 heterocycles. The molecule has 2 rings (SSSR count). The Morgan fingerprint density at radius 3 is 2.83 bits per heavy atom. The molecule has 0 radical (unpaired) electrons. The fourth-order valence-electron chi connectivity index (χ4n) is 2.52. The lowest BCUT2D eigenvalue weighted by atomic mass is 9.98. The van der Waals surface area contributed by atoms with Gasteiger partial charge in [0.1, 0.15) is 5.82 Å². The van der Waals surface area contributed by atoms with Crippen molar-refractivity contribution in [1.29, 1.82) is 0 Å². The van der Waals surface area contributed by atoms with Gasteiger partial charge >= 0.3 is 0 Å². The lowest BCUT2D eigenvalue weighted by molar-refractivity contribution is 0.435. The average molecular weight is 248 g/mol. The second-order valence-electron chi connectivity index (χ2n) is 5.36. The molecule has 4 heteroatoms. The molecule has 1 aromatic rings. The highest BCUT2D eigenvalue weighted by molar-refractivity contribution is 5.40. The molecule has 18 heavy (non-hydrogen) atoms. The second-order valence-corrected chi connectivity index (χ2v) is 5.36. The van der Waals surface area contributed by atoms with Crippen LogP contribution in [-0.4, -0.2) is 22.6 Å². The molecule has 0 spiro atoms. The summed E-state index contributed by atoms with van der Waals surface area (Å²) >= 11 is 0. The van der Waals surface area contributed by atoms with Crippen LogP contribution < -0.4 is 10.6 Å². The van der Waals surface area contributed by atoms with Crippen LogP contribution in [0.2, 0.25) is 0 Å². The van der Waals surface area contributed by atoms with E-state index in [0.717, 1.165) is 30.6 Å².